The zero-order chi connectivity index (χ0) is 14.0. The van der Waals surface area contributed by atoms with Crippen molar-refractivity contribution in [1.29, 1.82) is 0 Å². The van der Waals surface area contributed by atoms with E-state index < -0.39 is 0 Å². The largest absolute Gasteiger partial charge is 0.309 e. The summed E-state index contributed by atoms with van der Waals surface area (Å²) < 4.78 is 0. The fraction of sp³-hybridized carbons (Fsp3) is 0.867. The van der Waals surface area contributed by atoms with Gasteiger partial charge in [-0.3, -0.25) is 14.5 Å². The first-order chi connectivity index (χ1) is 8.94. The van der Waals surface area contributed by atoms with Crippen LogP contribution in [0.25, 0.3) is 0 Å². The van der Waals surface area contributed by atoms with Crippen molar-refractivity contribution >= 4 is 11.8 Å². The highest BCUT2D eigenvalue weighted by Crippen LogP contribution is 2.47. The molecule has 1 aliphatic carbocycles. The molecule has 1 saturated carbocycles. The first-order valence-corrected chi connectivity index (χ1v) is 7.44. The van der Waals surface area contributed by atoms with Gasteiger partial charge in [0, 0.05) is 13.0 Å². The molecule has 2 rings (SSSR count). The van der Waals surface area contributed by atoms with Gasteiger partial charge in [-0.05, 0) is 45.8 Å². The number of imide groups is 1. The molecule has 0 aromatic carbocycles. The van der Waals surface area contributed by atoms with E-state index in [1.165, 1.54) is 11.3 Å². The van der Waals surface area contributed by atoms with Crippen LogP contribution in [0.15, 0.2) is 0 Å². The second-order valence-electron chi connectivity index (χ2n) is 6.67. The Balaban J connectivity index is 1.99. The highest BCUT2D eigenvalue weighted by atomic mass is 16.2. The Hall–Kier alpha value is -0.900. The van der Waals surface area contributed by atoms with Crippen LogP contribution in [-0.2, 0) is 9.59 Å². The fourth-order valence-corrected chi connectivity index (χ4v) is 3.65. The van der Waals surface area contributed by atoms with Gasteiger partial charge >= 0.3 is 0 Å². The standard InChI is InChI=1S/C15H26N2O2/c1-12-6-4-7-15(10-12)11-13(18)17(14(15)19)9-5-8-16(2)3/h12H,4-11H2,1-3H3/t12-,15+/m1/s1. The van der Waals surface area contributed by atoms with E-state index in [4.69, 9.17) is 0 Å². The van der Waals surface area contributed by atoms with E-state index in [1.54, 1.807) is 0 Å². The van der Waals surface area contributed by atoms with Crippen molar-refractivity contribution < 1.29 is 9.59 Å². The quantitative estimate of drug-likeness (QED) is 0.730. The van der Waals surface area contributed by atoms with E-state index in [9.17, 15) is 9.59 Å². The molecule has 2 aliphatic rings. The highest BCUT2D eigenvalue weighted by Gasteiger charge is 2.52. The van der Waals surface area contributed by atoms with Crippen LogP contribution in [0.1, 0.15) is 45.4 Å². The van der Waals surface area contributed by atoms with Gasteiger partial charge in [0.25, 0.3) is 0 Å². The number of carbonyl (C=O) groups is 2. The van der Waals surface area contributed by atoms with Gasteiger partial charge in [0.05, 0.1) is 5.41 Å². The second-order valence-corrected chi connectivity index (χ2v) is 6.67. The molecule has 0 bridgehead atoms. The van der Waals surface area contributed by atoms with E-state index >= 15 is 0 Å². The summed E-state index contributed by atoms with van der Waals surface area (Å²) in [5.74, 6) is 0.743. The van der Waals surface area contributed by atoms with Crippen molar-refractivity contribution in [2.24, 2.45) is 11.3 Å². The Kier molecular flexibility index (Phi) is 4.29. The van der Waals surface area contributed by atoms with E-state index in [2.05, 4.69) is 11.8 Å². The second kappa shape index (κ2) is 5.61. The zero-order valence-corrected chi connectivity index (χ0v) is 12.4. The molecule has 1 saturated heterocycles. The van der Waals surface area contributed by atoms with Crippen LogP contribution in [-0.4, -0.2) is 48.8 Å². The minimum Gasteiger partial charge on any atom is -0.309 e. The van der Waals surface area contributed by atoms with Crippen LogP contribution in [0.5, 0.6) is 0 Å². The number of hydrogen-bond donors (Lipinski definition) is 0. The van der Waals surface area contributed by atoms with Crippen LogP contribution in [0.4, 0.5) is 0 Å². The van der Waals surface area contributed by atoms with Gasteiger partial charge in [-0.25, -0.2) is 0 Å². The SMILES string of the molecule is C[C@@H]1CCC[C@@]2(CC(=O)N(CCCN(C)C)C2=O)C1. The lowest BCUT2D eigenvalue weighted by Gasteiger charge is -2.34. The minimum absolute atomic E-state index is 0.0536. The molecular formula is C15H26N2O2. The molecule has 2 amide bonds. The maximum Gasteiger partial charge on any atom is 0.235 e. The third-order valence-electron chi connectivity index (χ3n) is 4.57. The molecule has 2 atom stereocenters. The molecule has 4 nitrogen and oxygen atoms in total. The summed E-state index contributed by atoms with van der Waals surface area (Å²) >= 11 is 0. The van der Waals surface area contributed by atoms with E-state index in [0.717, 1.165) is 32.2 Å². The summed E-state index contributed by atoms with van der Waals surface area (Å²) in [5.41, 5.74) is -0.340. The van der Waals surface area contributed by atoms with E-state index in [0.29, 0.717) is 18.9 Å². The molecule has 1 heterocycles. The van der Waals surface area contributed by atoms with E-state index in [-0.39, 0.29) is 17.2 Å². The van der Waals surface area contributed by atoms with Crippen LogP contribution in [0.3, 0.4) is 0 Å². The van der Waals surface area contributed by atoms with Crippen molar-refractivity contribution in [3.63, 3.8) is 0 Å². The molecule has 4 heteroatoms. The zero-order valence-electron chi connectivity index (χ0n) is 12.4. The van der Waals surface area contributed by atoms with Gasteiger partial charge in [0.2, 0.25) is 11.8 Å². The Morgan fingerprint density at radius 2 is 2.11 bits per heavy atom. The van der Waals surface area contributed by atoms with Crippen molar-refractivity contribution in [2.75, 3.05) is 27.2 Å². The predicted molar refractivity (Wildman–Crippen MR) is 74.6 cm³/mol. The average molecular weight is 266 g/mol. The molecule has 19 heavy (non-hydrogen) atoms. The lowest BCUT2D eigenvalue weighted by Crippen LogP contribution is -2.39. The summed E-state index contributed by atoms with van der Waals surface area (Å²) in [5, 5.41) is 0. The van der Waals surface area contributed by atoms with Gasteiger partial charge in [-0.1, -0.05) is 19.8 Å². The van der Waals surface area contributed by atoms with Gasteiger partial charge < -0.3 is 4.90 Å². The number of nitrogens with zero attached hydrogens (tertiary/aromatic N) is 2. The van der Waals surface area contributed by atoms with Gasteiger partial charge in [0.15, 0.2) is 0 Å². The molecule has 0 unspecified atom stereocenters. The molecule has 1 aliphatic heterocycles. The van der Waals surface area contributed by atoms with Crippen LogP contribution >= 0.6 is 0 Å². The van der Waals surface area contributed by atoms with Crippen molar-refractivity contribution in [3.05, 3.63) is 0 Å². The number of hydrogen-bond acceptors (Lipinski definition) is 3. The van der Waals surface area contributed by atoms with E-state index in [1.807, 2.05) is 14.1 Å². The molecule has 0 N–H and O–H groups in total. The average Bonchev–Trinajstić information content (AvgIpc) is 2.53. The lowest BCUT2D eigenvalue weighted by atomic mass is 9.69. The first kappa shape index (κ1) is 14.5. The molecule has 0 aromatic rings. The molecule has 108 valence electrons. The van der Waals surface area contributed by atoms with Crippen LogP contribution in [0, 0.1) is 11.3 Å². The molecule has 0 aromatic heterocycles. The molecule has 1 spiro atoms. The van der Waals surface area contributed by atoms with Crippen LogP contribution < -0.4 is 0 Å². The summed E-state index contributed by atoms with van der Waals surface area (Å²) in [7, 11) is 4.02. The van der Waals surface area contributed by atoms with Gasteiger partial charge in [0.1, 0.15) is 0 Å². The Morgan fingerprint density at radius 1 is 1.37 bits per heavy atom. The topological polar surface area (TPSA) is 40.6 Å². The number of carbonyl (C=O) groups excluding carboxylic acids is 2. The van der Waals surface area contributed by atoms with Crippen molar-refractivity contribution in [3.8, 4) is 0 Å². The highest BCUT2D eigenvalue weighted by molar-refractivity contribution is 6.05. The fourth-order valence-electron chi connectivity index (χ4n) is 3.65. The third-order valence-corrected chi connectivity index (χ3v) is 4.57. The van der Waals surface area contributed by atoms with Crippen molar-refractivity contribution in [2.45, 2.75) is 45.4 Å². The number of likely N-dealkylation sites (tertiary alicyclic amines) is 1. The Bertz CT molecular complexity index is 367. The monoisotopic (exact) mass is 266 g/mol. The molecule has 0 radical (unpaired) electrons. The summed E-state index contributed by atoms with van der Waals surface area (Å²) in [6.07, 6.45) is 5.43. The van der Waals surface area contributed by atoms with Gasteiger partial charge in [-0.15, -0.1) is 0 Å². The first-order valence-electron chi connectivity index (χ1n) is 7.44. The summed E-state index contributed by atoms with van der Waals surface area (Å²) in [6, 6.07) is 0. The normalized spacial score (nSPS) is 31.8. The maximum absolute atomic E-state index is 12.6. The number of rotatable bonds is 4. The smallest absolute Gasteiger partial charge is 0.235 e. The Labute approximate surface area is 116 Å². The Morgan fingerprint density at radius 3 is 2.74 bits per heavy atom. The van der Waals surface area contributed by atoms with Crippen LogP contribution in [0.2, 0.25) is 0 Å². The third kappa shape index (κ3) is 2.99. The summed E-state index contributed by atoms with van der Waals surface area (Å²) in [4.78, 5) is 28.4. The van der Waals surface area contributed by atoms with Gasteiger partial charge in [-0.2, -0.15) is 0 Å². The predicted octanol–water partition coefficient (Wildman–Crippen LogP) is 1.89. The summed E-state index contributed by atoms with van der Waals surface area (Å²) in [6.45, 7) is 3.71. The van der Waals surface area contributed by atoms with Crippen molar-refractivity contribution in [1.82, 2.24) is 9.80 Å². The minimum atomic E-state index is -0.340. The molecule has 2 fully saturated rings. The number of amides is 2. The lowest BCUT2D eigenvalue weighted by molar-refractivity contribution is -0.142. The molecular weight excluding hydrogens is 240 g/mol. The maximum atomic E-state index is 12.6.